The molecule has 0 saturated carbocycles. The number of pyridine rings is 1. The van der Waals surface area contributed by atoms with E-state index in [1.165, 1.54) is 37.1 Å². The maximum atomic E-state index is 15.0. The number of hydrogen-bond acceptors (Lipinski definition) is 6. The Labute approximate surface area is 273 Å². The van der Waals surface area contributed by atoms with Crippen molar-refractivity contribution in [3.05, 3.63) is 93.8 Å². The van der Waals surface area contributed by atoms with Gasteiger partial charge in [0.05, 0.1) is 33.4 Å². The van der Waals surface area contributed by atoms with Crippen molar-refractivity contribution in [2.75, 3.05) is 7.11 Å². The summed E-state index contributed by atoms with van der Waals surface area (Å²) >= 11 is 0. The van der Waals surface area contributed by atoms with Crippen LogP contribution in [-0.4, -0.2) is 49.6 Å². The van der Waals surface area contributed by atoms with Crippen LogP contribution in [-0.2, 0) is 35.8 Å². The molecule has 2 N–H and O–H groups in total. The van der Waals surface area contributed by atoms with E-state index in [1.54, 1.807) is 20.8 Å². The first-order valence-corrected chi connectivity index (χ1v) is 14.4. The Balaban J connectivity index is 1.86. The number of rotatable bonds is 8. The summed E-state index contributed by atoms with van der Waals surface area (Å²) in [4.78, 5) is 43.2. The third-order valence-corrected chi connectivity index (χ3v) is 7.53. The predicted octanol–water partition coefficient (Wildman–Crippen LogP) is 7.03. The van der Waals surface area contributed by atoms with Gasteiger partial charge < -0.3 is 28.9 Å². The van der Waals surface area contributed by atoms with E-state index in [0.717, 1.165) is 16.5 Å². The minimum absolute atomic E-state index is 0.0149. The van der Waals surface area contributed by atoms with Crippen LogP contribution in [0.4, 0.5) is 31.1 Å². The van der Waals surface area contributed by atoms with Gasteiger partial charge in [-0.15, -0.1) is 0 Å². The molecule has 0 aliphatic carbocycles. The summed E-state index contributed by atoms with van der Waals surface area (Å²) in [6.45, 7) is 4.10. The van der Waals surface area contributed by atoms with Crippen molar-refractivity contribution in [3.8, 4) is 11.1 Å². The summed E-state index contributed by atoms with van der Waals surface area (Å²) in [5, 5.41) is 12.6. The third-order valence-electron chi connectivity index (χ3n) is 7.53. The number of fused-ring (bicyclic) bond motifs is 2. The minimum Gasteiger partial charge on any atom is -0.478 e. The highest BCUT2D eigenvalue weighted by atomic mass is 19.4. The average molecular weight is 691 g/mol. The van der Waals surface area contributed by atoms with Crippen LogP contribution in [0, 0.1) is 17.5 Å². The van der Waals surface area contributed by atoms with Crippen LogP contribution in [0.15, 0.2) is 42.6 Å². The topological polar surface area (TPSA) is 124 Å². The van der Waals surface area contributed by atoms with Crippen molar-refractivity contribution in [3.63, 3.8) is 0 Å². The van der Waals surface area contributed by atoms with Gasteiger partial charge in [0.25, 0.3) is 0 Å². The second-order valence-corrected chi connectivity index (χ2v) is 12.0. The van der Waals surface area contributed by atoms with Gasteiger partial charge in [0.1, 0.15) is 18.0 Å². The van der Waals surface area contributed by atoms with E-state index >= 15 is 13.2 Å². The van der Waals surface area contributed by atoms with E-state index < -0.39 is 87.1 Å². The fourth-order valence-corrected chi connectivity index (χ4v) is 5.51. The number of methoxy groups -OCH3 is 1. The molecule has 0 bridgehead atoms. The molecule has 5 aromatic rings. The van der Waals surface area contributed by atoms with Gasteiger partial charge in [0.15, 0.2) is 17.5 Å². The maximum Gasteiger partial charge on any atom is 0.417 e. The Morgan fingerprint density at radius 1 is 1.02 bits per heavy atom. The van der Waals surface area contributed by atoms with Crippen molar-refractivity contribution < 1.29 is 55.3 Å². The molecule has 3 aromatic heterocycles. The van der Waals surface area contributed by atoms with E-state index in [1.807, 2.05) is 0 Å². The van der Waals surface area contributed by atoms with Gasteiger partial charge in [0.2, 0.25) is 5.78 Å². The molecular formula is C33H28F6N4O6. The summed E-state index contributed by atoms with van der Waals surface area (Å²) in [7, 11) is 2.84. The predicted molar refractivity (Wildman–Crippen MR) is 163 cm³/mol. The number of benzene rings is 2. The smallest absolute Gasteiger partial charge is 0.417 e. The Morgan fingerprint density at radius 3 is 2.24 bits per heavy atom. The molecule has 0 atom stereocenters. The SMILES string of the molecule is COCc1nc2c(CNC(=O)OC(C)(C)C)c(-c3cccn4c(C(=O)c5cc(F)c(F)c(F)c5)cc(C(=O)O)c34)c(C(F)(F)F)cc2n1C. The first-order chi connectivity index (χ1) is 22.8. The Morgan fingerprint density at radius 2 is 1.67 bits per heavy atom. The molecule has 0 aliphatic rings. The molecule has 16 heteroatoms. The first kappa shape index (κ1) is 34.9. The molecule has 2 aromatic carbocycles. The monoisotopic (exact) mass is 690 g/mol. The Hall–Kier alpha value is -5.38. The molecular weight excluding hydrogens is 662 g/mol. The van der Waals surface area contributed by atoms with Gasteiger partial charge in [-0.3, -0.25) is 4.79 Å². The van der Waals surface area contributed by atoms with Crippen LogP contribution in [0.1, 0.15) is 64.1 Å². The zero-order chi connectivity index (χ0) is 36.2. The zero-order valence-electron chi connectivity index (χ0n) is 26.6. The number of ether oxygens (including phenoxy) is 2. The third kappa shape index (κ3) is 6.55. The number of imidazole rings is 1. The lowest BCUT2D eigenvalue weighted by Crippen LogP contribution is -2.32. The van der Waals surface area contributed by atoms with Gasteiger partial charge in [-0.1, -0.05) is 6.07 Å². The number of amides is 1. The van der Waals surface area contributed by atoms with Crippen LogP contribution in [0.5, 0.6) is 0 Å². The fourth-order valence-electron chi connectivity index (χ4n) is 5.51. The van der Waals surface area contributed by atoms with Crippen LogP contribution in [0.3, 0.4) is 0 Å². The summed E-state index contributed by atoms with van der Waals surface area (Å²) in [5.74, 6) is -7.77. The number of carbonyl (C=O) groups is 3. The molecule has 49 heavy (non-hydrogen) atoms. The number of halogens is 6. The van der Waals surface area contributed by atoms with Gasteiger partial charge in [-0.05, 0) is 51.1 Å². The second-order valence-electron chi connectivity index (χ2n) is 12.0. The molecule has 258 valence electrons. The van der Waals surface area contributed by atoms with Crippen molar-refractivity contribution in [1.82, 2.24) is 19.3 Å². The molecule has 3 heterocycles. The number of carbonyl (C=O) groups excluding carboxylic acids is 2. The largest absolute Gasteiger partial charge is 0.478 e. The number of nitrogens with zero attached hydrogens (tertiary/aromatic N) is 3. The maximum absolute atomic E-state index is 15.0. The van der Waals surface area contributed by atoms with Crippen LogP contribution >= 0.6 is 0 Å². The van der Waals surface area contributed by atoms with Gasteiger partial charge in [0, 0.05) is 49.2 Å². The summed E-state index contributed by atoms with van der Waals surface area (Å²) < 4.78 is 99.6. The number of hydrogen-bond donors (Lipinski definition) is 2. The number of aromatic carboxylic acids is 1. The van der Waals surface area contributed by atoms with Crippen molar-refractivity contribution in [2.24, 2.45) is 7.05 Å². The molecule has 1 amide bonds. The van der Waals surface area contributed by atoms with Crippen molar-refractivity contribution in [1.29, 1.82) is 0 Å². The zero-order valence-corrected chi connectivity index (χ0v) is 26.6. The molecule has 0 fully saturated rings. The number of aromatic nitrogens is 3. The van der Waals surface area contributed by atoms with E-state index in [4.69, 9.17) is 9.47 Å². The molecule has 0 aliphatic heterocycles. The lowest BCUT2D eigenvalue weighted by molar-refractivity contribution is -0.137. The molecule has 0 spiro atoms. The van der Waals surface area contributed by atoms with E-state index in [-0.39, 0.29) is 34.6 Å². The van der Waals surface area contributed by atoms with Gasteiger partial charge >= 0.3 is 18.2 Å². The molecule has 0 saturated heterocycles. The number of aryl methyl sites for hydroxylation is 1. The average Bonchev–Trinajstić information content (AvgIpc) is 3.54. The summed E-state index contributed by atoms with van der Waals surface area (Å²) in [6.07, 6.45) is -4.84. The number of alkyl halides is 3. The quantitative estimate of drug-likeness (QED) is 0.102. The summed E-state index contributed by atoms with van der Waals surface area (Å²) in [5.41, 5.74) is -5.43. The Kier molecular flexibility index (Phi) is 8.97. The second kappa shape index (κ2) is 12.6. The van der Waals surface area contributed by atoms with Crippen LogP contribution in [0.25, 0.3) is 27.7 Å². The number of carboxylic acid groups (broad SMARTS) is 1. The molecule has 5 rings (SSSR count). The van der Waals surface area contributed by atoms with E-state index in [9.17, 15) is 32.7 Å². The van der Waals surface area contributed by atoms with E-state index in [0.29, 0.717) is 12.1 Å². The standard InChI is InChI=1S/C33H28F6N4O6/c1-32(2,3)49-31(47)40-13-18-25(19(33(37,38)39)12-22-27(18)41-24(14-48-5)42(22)4)16-7-6-8-43-23(11-17(28(16)43)30(45)46)29(44)15-9-20(34)26(36)21(35)10-15/h6-12H,13-14H2,1-5H3,(H,40,47)(H,45,46). The number of ketones is 1. The first-order valence-electron chi connectivity index (χ1n) is 14.4. The van der Waals surface area contributed by atoms with Crippen LogP contribution < -0.4 is 5.32 Å². The van der Waals surface area contributed by atoms with E-state index in [2.05, 4.69) is 10.3 Å². The molecule has 10 nitrogen and oxygen atoms in total. The lowest BCUT2D eigenvalue weighted by atomic mass is 9.91. The highest BCUT2D eigenvalue weighted by molar-refractivity contribution is 6.13. The Bertz CT molecular complexity index is 2140. The lowest BCUT2D eigenvalue weighted by Gasteiger charge is -2.22. The molecule has 0 unspecified atom stereocenters. The normalized spacial score (nSPS) is 12.1. The highest BCUT2D eigenvalue weighted by Crippen LogP contribution is 2.44. The number of carboxylic acids is 1. The van der Waals surface area contributed by atoms with Crippen molar-refractivity contribution in [2.45, 2.75) is 45.7 Å². The number of nitrogens with one attached hydrogen (secondary N) is 1. The van der Waals surface area contributed by atoms with Crippen LogP contribution in [0.2, 0.25) is 0 Å². The number of alkyl carbamates (subject to hydrolysis) is 1. The van der Waals surface area contributed by atoms with Gasteiger partial charge in [-0.25, -0.2) is 27.7 Å². The van der Waals surface area contributed by atoms with Gasteiger partial charge in [-0.2, -0.15) is 13.2 Å². The summed E-state index contributed by atoms with van der Waals surface area (Å²) in [6, 6.07) is 4.93. The highest BCUT2D eigenvalue weighted by Gasteiger charge is 2.38. The fraction of sp³-hybridized carbons (Fsp3) is 0.273. The van der Waals surface area contributed by atoms with Crippen molar-refractivity contribution >= 4 is 34.4 Å². The minimum atomic E-state index is -5.06. The molecule has 0 radical (unpaired) electrons.